The van der Waals surface area contributed by atoms with E-state index in [9.17, 15) is 4.79 Å². The lowest BCUT2D eigenvalue weighted by atomic mass is 10.1. The highest BCUT2D eigenvalue weighted by Crippen LogP contribution is 2.06. The summed E-state index contributed by atoms with van der Waals surface area (Å²) >= 11 is 0. The number of unbranched alkanes of at least 4 members (excludes halogenated alkanes) is 2. The first-order valence-electron chi connectivity index (χ1n) is 4.79. The first-order chi connectivity index (χ1) is 6.22. The molecule has 0 aromatic heterocycles. The van der Waals surface area contributed by atoms with E-state index in [0.29, 0.717) is 12.1 Å². The minimum Gasteiger partial charge on any atom is -0.349 e. The van der Waals surface area contributed by atoms with Crippen LogP contribution in [0.5, 0.6) is 0 Å². The molecule has 0 fully saturated rings. The minimum absolute atomic E-state index is 0.0454. The maximum atomic E-state index is 11.2. The number of carbonyl (C=O) groups is 1. The van der Waals surface area contributed by atoms with Gasteiger partial charge in [-0.25, -0.2) is 0 Å². The molecule has 0 spiro atoms. The molecule has 0 saturated heterocycles. The Morgan fingerprint density at radius 2 is 2.15 bits per heavy atom. The second kappa shape index (κ2) is 7.59. The first-order valence-corrected chi connectivity index (χ1v) is 4.79. The molecule has 0 bridgehead atoms. The highest BCUT2D eigenvalue weighted by atomic mass is 16.1. The Labute approximate surface area is 80.7 Å². The van der Waals surface area contributed by atoms with Gasteiger partial charge in [-0.05, 0) is 12.8 Å². The van der Waals surface area contributed by atoms with Crippen LogP contribution in [0.3, 0.4) is 0 Å². The number of nitrogens with one attached hydrogen (secondary N) is 1. The zero-order valence-corrected chi connectivity index (χ0v) is 8.44. The van der Waals surface area contributed by atoms with E-state index < -0.39 is 0 Å². The van der Waals surface area contributed by atoms with E-state index in [1.54, 1.807) is 6.08 Å². The van der Waals surface area contributed by atoms with E-state index >= 15 is 0 Å². The highest BCUT2D eigenvalue weighted by Gasteiger charge is 2.03. The fraction of sp³-hybridized carbons (Fsp3) is 0.545. The Kier molecular flexibility index (Phi) is 6.98. The zero-order valence-electron chi connectivity index (χ0n) is 8.44. The second-order valence-electron chi connectivity index (χ2n) is 3.06. The molecule has 0 atom stereocenters. The molecule has 74 valence electrons. The van der Waals surface area contributed by atoms with Gasteiger partial charge in [0, 0.05) is 12.1 Å². The number of rotatable bonds is 7. The van der Waals surface area contributed by atoms with Crippen molar-refractivity contribution in [1.29, 1.82) is 0 Å². The van der Waals surface area contributed by atoms with Crippen molar-refractivity contribution >= 4 is 5.91 Å². The SMILES string of the molecule is C=CCNC(=O)C(=C)CCCCC. The van der Waals surface area contributed by atoms with Crippen molar-refractivity contribution < 1.29 is 4.79 Å². The van der Waals surface area contributed by atoms with E-state index in [1.165, 1.54) is 6.42 Å². The van der Waals surface area contributed by atoms with Gasteiger partial charge in [0.2, 0.25) is 5.91 Å². The van der Waals surface area contributed by atoms with Crippen LogP contribution >= 0.6 is 0 Å². The predicted molar refractivity (Wildman–Crippen MR) is 56.5 cm³/mol. The Hall–Kier alpha value is -1.05. The Morgan fingerprint density at radius 1 is 1.46 bits per heavy atom. The van der Waals surface area contributed by atoms with Gasteiger partial charge in [-0.3, -0.25) is 4.79 Å². The van der Waals surface area contributed by atoms with Gasteiger partial charge in [0.15, 0.2) is 0 Å². The van der Waals surface area contributed by atoms with Gasteiger partial charge in [-0.1, -0.05) is 32.4 Å². The van der Waals surface area contributed by atoms with E-state index in [4.69, 9.17) is 0 Å². The van der Waals surface area contributed by atoms with E-state index in [2.05, 4.69) is 25.4 Å². The highest BCUT2D eigenvalue weighted by molar-refractivity contribution is 5.92. The summed E-state index contributed by atoms with van der Waals surface area (Å²) in [6.07, 6.45) is 5.85. The molecule has 2 nitrogen and oxygen atoms in total. The number of hydrogen-bond acceptors (Lipinski definition) is 1. The molecule has 0 rings (SSSR count). The third-order valence-corrected chi connectivity index (χ3v) is 1.81. The molecule has 1 N–H and O–H groups in total. The molecular weight excluding hydrogens is 162 g/mol. The van der Waals surface area contributed by atoms with Crippen LogP contribution < -0.4 is 5.32 Å². The van der Waals surface area contributed by atoms with Crippen LogP contribution in [0, 0.1) is 0 Å². The van der Waals surface area contributed by atoms with Crippen molar-refractivity contribution in [2.75, 3.05) is 6.54 Å². The summed E-state index contributed by atoms with van der Waals surface area (Å²) in [5.41, 5.74) is 0.676. The summed E-state index contributed by atoms with van der Waals surface area (Å²) in [5, 5.41) is 2.70. The Balaban J connectivity index is 3.57. The van der Waals surface area contributed by atoms with Crippen LogP contribution in [0.1, 0.15) is 32.6 Å². The summed E-state index contributed by atoms with van der Waals surface area (Å²) < 4.78 is 0. The molecule has 0 unspecified atom stereocenters. The van der Waals surface area contributed by atoms with Crippen molar-refractivity contribution in [1.82, 2.24) is 5.32 Å². The van der Waals surface area contributed by atoms with Crippen LogP contribution in [-0.2, 0) is 4.79 Å². The second-order valence-corrected chi connectivity index (χ2v) is 3.06. The van der Waals surface area contributed by atoms with Gasteiger partial charge in [0.25, 0.3) is 0 Å². The maximum absolute atomic E-state index is 11.2. The molecular formula is C11H19NO. The van der Waals surface area contributed by atoms with Crippen molar-refractivity contribution in [3.8, 4) is 0 Å². The minimum atomic E-state index is -0.0454. The molecule has 0 aromatic rings. The largest absolute Gasteiger partial charge is 0.349 e. The standard InChI is InChI=1S/C11H19NO/c1-4-6-7-8-10(3)11(13)12-9-5-2/h5H,2-4,6-9H2,1H3,(H,12,13). The van der Waals surface area contributed by atoms with Crippen LogP contribution in [-0.4, -0.2) is 12.5 Å². The first kappa shape index (κ1) is 11.9. The molecule has 0 radical (unpaired) electrons. The van der Waals surface area contributed by atoms with Crippen LogP contribution in [0.2, 0.25) is 0 Å². The van der Waals surface area contributed by atoms with Crippen LogP contribution in [0.4, 0.5) is 0 Å². The fourth-order valence-corrected chi connectivity index (χ4v) is 0.992. The quantitative estimate of drug-likeness (QED) is 0.365. The normalized spacial score (nSPS) is 9.31. The summed E-state index contributed by atoms with van der Waals surface area (Å²) in [7, 11) is 0. The molecule has 0 aromatic carbocycles. The van der Waals surface area contributed by atoms with Crippen molar-refractivity contribution in [2.24, 2.45) is 0 Å². The lowest BCUT2D eigenvalue weighted by Gasteiger charge is -2.04. The molecule has 1 amide bonds. The lowest BCUT2D eigenvalue weighted by molar-refractivity contribution is -0.117. The lowest BCUT2D eigenvalue weighted by Crippen LogP contribution is -2.24. The number of hydrogen-bond donors (Lipinski definition) is 1. The van der Waals surface area contributed by atoms with Crippen LogP contribution in [0.15, 0.2) is 24.8 Å². The summed E-state index contributed by atoms with van der Waals surface area (Å²) in [4.78, 5) is 11.2. The van der Waals surface area contributed by atoms with Crippen molar-refractivity contribution in [3.05, 3.63) is 24.8 Å². The maximum Gasteiger partial charge on any atom is 0.246 e. The van der Waals surface area contributed by atoms with E-state index in [-0.39, 0.29) is 5.91 Å². The topological polar surface area (TPSA) is 29.1 Å². The molecule has 0 aliphatic rings. The van der Waals surface area contributed by atoms with Gasteiger partial charge in [0.05, 0.1) is 0 Å². The molecule has 0 aliphatic heterocycles. The predicted octanol–water partition coefficient (Wildman–Crippen LogP) is 2.43. The van der Waals surface area contributed by atoms with E-state index in [1.807, 2.05) is 0 Å². The van der Waals surface area contributed by atoms with Crippen molar-refractivity contribution in [2.45, 2.75) is 32.6 Å². The Bertz CT molecular complexity index is 185. The molecule has 0 aliphatic carbocycles. The molecule has 0 heterocycles. The zero-order chi connectivity index (χ0) is 10.1. The van der Waals surface area contributed by atoms with Gasteiger partial charge in [0.1, 0.15) is 0 Å². The Morgan fingerprint density at radius 3 is 2.69 bits per heavy atom. The van der Waals surface area contributed by atoms with Gasteiger partial charge >= 0.3 is 0 Å². The van der Waals surface area contributed by atoms with Gasteiger partial charge in [-0.15, -0.1) is 6.58 Å². The van der Waals surface area contributed by atoms with Gasteiger partial charge < -0.3 is 5.32 Å². The van der Waals surface area contributed by atoms with Crippen molar-refractivity contribution in [3.63, 3.8) is 0 Å². The molecule has 0 saturated carbocycles. The monoisotopic (exact) mass is 181 g/mol. The van der Waals surface area contributed by atoms with Crippen LogP contribution in [0.25, 0.3) is 0 Å². The summed E-state index contributed by atoms with van der Waals surface area (Å²) in [5.74, 6) is -0.0454. The fourth-order valence-electron chi connectivity index (χ4n) is 0.992. The third-order valence-electron chi connectivity index (χ3n) is 1.81. The number of carbonyl (C=O) groups excluding carboxylic acids is 1. The summed E-state index contributed by atoms with van der Waals surface area (Å²) in [6.45, 7) is 9.91. The summed E-state index contributed by atoms with van der Waals surface area (Å²) in [6, 6.07) is 0. The third kappa shape index (κ3) is 6.14. The molecule has 2 heteroatoms. The van der Waals surface area contributed by atoms with E-state index in [0.717, 1.165) is 19.3 Å². The molecule has 13 heavy (non-hydrogen) atoms. The smallest absolute Gasteiger partial charge is 0.246 e. The number of amides is 1. The average Bonchev–Trinajstić information content (AvgIpc) is 2.14. The average molecular weight is 181 g/mol. The van der Waals surface area contributed by atoms with Gasteiger partial charge in [-0.2, -0.15) is 0 Å².